The highest BCUT2D eigenvalue weighted by Crippen LogP contribution is 2.69. The second-order valence-electron chi connectivity index (χ2n) is 11.8. The fourth-order valence-electron chi connectivity index (χ4n) is 7.75. The van der Waals surface area contributed by atoms with Gasteiger partial charge in [-0.1, -0.05) is 65.2 Å². The maximum absolute atomic E-state index is 13.2. The van der Waals surface area contributed by atoms with Crippen LogP contribution in [-0.4, -0.2) is 40.0 Å². The Bertz CT molecular complexity index is 1270. The molecule has 2 aromatic rings. The van der Waals surface area contributed by atoms with Gasteiger partial charge in [0.05, 0.1) is 28.4 Å². The lowest BCUT2D eigenvalue weighted by Crippen LogP contribution is -2.53. The van der Waals surface area contributed by atoms with E-state index in [9.17, 15) is 9.59 Å². The lowest BCUT2D eigenvalue weighted by Gasteiger charge is -2.59. The molecule has 42 heavy (non-hydrogen) atoms. The molecule has 0 saturated heterocycles. The number of methoxy groups -OCH3 is 4. The molecule has 0 saturated carbocycles. The molecular formula is C36H44O6. The summed E-state index contributed by atoms with van der Waals surface area (Å²) in [4.78, 5) is 26.3. The van der Waals surface area contributed by atoms with E-state index in [1.807, 2.05) is 0 Å². The number of benzene rings is 2. The third-order valence-corrected chi connectivity index (χ3v) is 9.70. The number of carbonyl (C=O) groups excluding carboxylic acids is 2. The Labute approximate surface area is 250 Å². The molecule has 0 aromatic heterocycles. The maximum Gasteiger partial charge on any atom is 0.226 e. The third-order valence-electron chi connectivity index (χ3n) is 9.70. The van der Waals surface area contributed by atoms with Crippen LogP contribution < -0.4 is 18.9 Å². The summed E-state index contributed by atoms with van der Waals surface area (Å²) >= 11 is 0. The second kappa shape index (κ2) is 12.0. The van der Waals surface area contributed by atoms with Crippen molar-refractivity contribution in [3.05, 3.63) is 69.8 Å². The number of ether oxygens (including phenoxy) is 4. The predicted molar refractivity (Wildman–Crippen MR) is 164 cm³/mol. The van der Waals surface area contributed by atoms with Crippen molar-refractivity contribution in [3.8, 4) is 23.0 Å². The second-order valence-corrected chi connectivity index (χ2v) is 11.8. The summed E-state index contributed by atoms with van der Waals surface area (Å²) in [7, 11) is 6.65. The fourth-order valence-corrected chi connectivity index (χ4v) is 7.75. The average molecular weight is 573 g/mol. The Kier molecular flexibility index (Phi) is 8.54. The van der Waals surface area contributed by atoms with E-state index >= 15 is 0 Å². The van der Waals surface area contributed by atoms with Crippen LogP contribution in [0.5, 0.6) is 23.0 Å². The van der Waals surface area contributed by atoms with E-state index in [4.69, 9.17) is 18.9 Å². The smallest absolute Gasteiger partial charge is 0.226 e. The van der Waals surface area contributed by atoms with Crippen LogP contribution >= 0.6 is 0 Å². The number of ketones is 2. The van der Waals surface area contributed by atoms with Gasteiger partial charge in [0.25, 0.3) is 0 Å². The summed E-state index contributed by atoms with van der Waals surface area (Å²) in [5.41, 5.74) is 5.05. The SMILES string of the molecule is CCCCCCC12C3=CC(=O)C(=O)C=C3C(CCCCCC)(c3cc(OC)c(OC)cc31)c1cc(OC)c(OC)cc12. The van der Waals surface area contributed by atoms with Crippen LogP contribution in [0, 0.1) is 0 Å². The number of hydrogen-bond acceptors (Lipinski definition) is 6. The van der Waals surface area contributed by atoms with E-state index in [1.165, 1.54) is 0 Å². The molecule has 6 nitrogen and oxygen atoms in total. The van der Waals surface area contributed by atoms with Crippen molar-refractivity contribution in [2.24, 2.45) is 0 Å². The van der Waals surface area contributed by atoms with Crippen molar-refractivity contribution in [2.45, 2.75) is 88.9 Å². The lowest BCUT2D eigenvalue weighted by atomic mass is 9.42. The summed E-state index contributed by atoms with van der Waals surface area (Å²) in [6, 6.07) is 8.47. The summed E-state index contributed by atoms with van der Waals surface area (Å²) in [6.07, 6.45) is 13.4. The average Bonchev–Trinajstić information content (AvgIpc) is 3.01. The summed E-state index contributed by atoms with van der Waals surface area (Å²) < 4.78 is 23.5. The normalized spacial score (nSPS) is 21.7. The first kappa shape index (κ1) is 29.9. The molecule has 0 radical (unpaired) electrons. The van der Waals surface area contributed by atoms with E-state index < -0.39 is 22.4 Å². The first-order chi connectivity index (χ1) is 20.4. The van der Waals surface area contributed by atoms with Crippen molar-refractivity contribution in [1.29, 1.82) is 0 Å². The van der Waals surface area contributed by atoms with Gasteiger partial charge < -0.3 is 18.9 Å². The van der Waals surface area contributed by atoms with Gasteiger partial charge in [0.15, 0.2) is 23.0 Å². The van der Waals surface area contributed by atoms with E-state index in [1.54, 1.807) is 40.6 Å². The van der Waals surface area contributed by atoms with Crippen LogP contribution in [-0.2, 0) is 20.4 Å². The number of unbranched alkanes of at least 4 members (excludes halogenated alkanes) is 6. The minimum Gasteiger partial charge on any atom is -0.493 e. The molecule has 0 aliphatic heterocycles. The minimum atomic E-state index is -0.662. The molecule has 0 atom stereocenters. The highest BCUT2D eigenvalue weighted by molar-refractivity contribution is 6.47. The number of carbonyl (C=O) groups is 2. The minimum absolute atomic E-state index is 0.459. The molecular weight excluding hydrogens is 528 g/mol. The van der Waals surface area contributed by atoms with Gasteiger partial charge in [-0.05, 0) is 82.7 Å². The zero-order valence-electron chi connectivity index (χ0n) is 26.0. The Morgan fingerprint density at radius 2 is 0.810 bits per heavy atom. The molecule has 0 heterocycles. The van der Waals surface area contributed by atoms with Gasteiger partial charge in [0, 0.05) is 10.8 Å². The monoisotopic (exact) mass is 572 g/mol. The molecule has 2 bridgehead atoms. The van der Waals surface area contributed by atoms with Crippen LogP contribution in [0.25, 0.3) is 0 Å². The van der Waals surface area contributed by atoms with Crippen molar-refractivity contribution in [2.75, 3.05) is 28.4 Å². The van der Waals surface area contributed by atoms with Gasteiger partial charge in [-0.25, -0.2) is 0 Å². The Balaban J connectivity index is 1.93. The highest BCUT2D eigenvalue weighted by atomic mass is 16.5. The zero-order chi connectivity index (χ0) is 30.1. The van der Waals surface area contributed by atoms with Gasteiger partial charge in [-0.3, -0.25) is 9.59 Å². The predicted octanol–water partition coefficient (Wildman–Crippen LogP) is 7.57. The molecule has 0 fully saturated rings. The quantitative estimate of drug-likeness (QED) is 0.132. The van der Waals surface area contributed by atoms with Crippen molar-refractivity contribution in [3.63, 3.8) is 0 Å². The Hall–Kier alpha value is -3.54. The molecule has 2 aromatic carbocycles. The molecule has 0 amide bonds. The topological polar surface area (TPSA) is 71.1 Å². The summed E-state index contributed by atoms with van der Waals surface area (Å²) in [5.74, 6) is 1.71. The number of rotatable bonds is 14. The molecule has 224 valence electrons. The van der Waals surface area contributed by atoms with Crippen molar-refractivity contribution < 1.29 is 28.5 Å². The van der Waals surface area contributed by atoms with Crippen LogP contribution in [0.4, 0.5) is 0 Å². The molecule has 0 N–H and O–H groups in total. The zero-order valence-corrected chi connectivity index (χ0v) is 26.0. The largest absolute Gasteiger partial charge is 0.493 e. The van der Waals surface area contributed by atoms with Crippen molar-refractivity contribution in [1.82, 2.24) is 0 Å². The van der Waals surface area contributed by atoms with Gasteiger partial charge >= 0.3 is 0 Å². The van der Waals surface area contributed by atoms with E-state index in [-0.39, 0.29) is 0 Å². The maximum atomic E-state index is 13.2. The fraction of sp³-hybridized carbons (Fsp3) is 0.500. The van der Waals surface area contributed by atoms with E-state index in [0.717, 1.165) is 97.6 Å². The van der Waals surface area contributed by atoms with Crippen LogP contribution in [0.1, 0.15) is 100 Å². The summed E-state index contributed by atoms with van der Waals surface area (Å²) in [5, 5.41) is 0. The van der Waals surface area contributed by atoms with Crippen LogP contribution in [0.2, 0.25) is 0 Å². The van der Waals surface area contributed by atoms with Crippen molar-refractivity contribution >= 4 is 11.6 Å². The highest BCUT2D eigenvalue weighted by Gasteiger charge is 2.62. The first-order valence-corrected chi connectivity index (χ1v) is 15.4. The summed E-state index contributed by atoms with van der Waals surface area (Å²) in [6.45, 7) is 4.42. The third kappa shape index (κ3) is 4.37. The van der Waals surface area contributed by atoms with Gasteiger partial charge in [0.2, 0.25) is 11.6 Å². The molecule has 0 unspecified atom stereocenters. The van der Waals surface area contributed by atoms with Crippen LogP contribution in [0.15, 0.2) is 47.6 Å². The van der Waals surface area contributed by atoms with Crippen LogP contribution in [0.3, 0.4) is 0 Å². The molecule has 6 heteroatoms. The standard InChI is InChI=1S/C36H44O6/c1-7-9-11-13-15-35-23-17-29(37)30(38)18-24(23)36(16-14-12-10-8-2,27-21-33(41-5)31(39-3)19-25(27)35)28-22-34(42-6)32(40-4)20-26(28)35/h17-22H,7-16H2,1-6H3. The molecule has 6 rings (SSSR count). The first-order valence-electron chi connectivity index (χ1n) is 15.4. The molecule has 4 aliphatic rings. The van der Waals surface area contributed by atoms with E-state index in [2.05, 4.69) is 38.1 Å². The Morgan fingerprint density at radius 3 is 1.07 bits per heavy atom. The molecule has 0 spiro atoms. The van der Waals surface area contributed by atoms with Gasteiger partial charge in [0.1, 0.15) is 0 Å². The number of allylic oxidation sites excluding steroid dienone is 4. The van der Waals surface area contributed by atoms with E-state index in [0.29, 0.717) is 23.0 Å². The Morgan fingerprint density at radius 1 is 0.500 bits per heavy atom. The molecule has 4 aliphatic carbocycles. The van der Waals surface area contributed by atoms with Gasteiger partial charge in [-0.15, -0.1) is 0 Å². The number of hydrogen-bond donors (Lipinski definition) is 0. The van der Waals surface area contributed by atoms with Gasteiger partial charge in [-0.2, -0.15) is 0 Å². The lowest BCUT2D eigenvalue weighted by molar-refractivity contribution is -0.131.